The van der Waals surface area contributed by atoms with Gasteiger partial charge in [-0.15, -0.1) is 0 Å². The first kappa shape index (κ1) is 17.8. The molecular weight excluding hydrogens is 348 g/mol. The smallest absolute Gasteiger partial charge is 0.154 e. The Labute approximate surface area is 165 Å². The van der Waals surface area contributed by atoms with Crippen molar-refractivity contribution in [3.8, 4) is 5.75 Å². The summed E-state index contributed by atoms with van der Waals surface area (Å²) in [4.78, 5) is 6.91. The largest absolute Gasteiger partial charge is 0.497 e. The van der Waals surface area contributed by atoms with E-state index in [1.54, 1.807) is 7.11 Å². The third kappa shape index (κ3) is 3.47. The number of fused-ring (bicyclic) bond motifs is 1. The molecule has 1 aliphatic rings. The highest BCUT2D eigenvalue weighted by molar-refractivity contribution is 6.18. The zero-order valence-corrected chi connectivity index (χ0v) is 16.2. The zero-order valence-electron chi connectivity index (χ0n) is 16.2. The minimum absolute atomic E-state index is 0.704. The summed E-state index contributed by atoms with van der Waals surface area (Å²) >= 11 is 0. The number of methoxy groups -OCH3 is 1. The van der Waals surface area contributed by atoms with E-state index in [0.29, 0.717) is 5.84 Å². The molecule has 0 spiro atoms. The van der Waals surface area contributed by atoms with Crippen molar-refractivity contribution in [2.45, 2.75) is 0 Å². The molecule has 0 atom stereocenters. The molecule has 3 aromatic carbocycles. The van der Waals surface area contributed by atoms with Gasteiger partial charge in [0.1, 0.15) is 5.75 Å². The number of para-hydroxylation sites is 1. The Morgan fingerprint density at radius 1 is 0.821 bits per heavy atom. The van der Waals surface area contributed by atoms with Crippen molar-refractivity contribution in [3.05, 3.63) is 89.5 Å². The molecule has 0 radical (unpaired) electrons. The van der Waals surface area contributed by atoms with Crippen LogP contribution in [-0.2, 0) is 0 Å². The average Bonchev–Trinajstić information content (AvgIpc) is 2.93. The first-order chi connectivity index (χ1) is 13.7. The minimum atomic E-state index is 0.704. The van der Waals surface area contributed by atoms with Gasteiger partial charge in [-0.05, 0) is 42.5 Å². The van der Waals surface area contributed by atoms with E-state index in [-0.39, 0.29) is 0 Å². The molecule has 1 heterocycles. The number of nitrogens with zero attached hydrogens (tertiary/aromatic N) is 3. The van der Waals surface area contributed by atoms with Gasteiger partial charge in [-0.1, -0.05) is 30.3 Å². The summed E-state index contributed by atoms with van der Waals surface area (Å²) in [6, 6.07) is 24.2. The topological polar surface area (TPSA) is 49.2 Å². The van der Waals surface area contributed by atoms with Crippen LogP contribution in [0.5, 0.6) is 5.75 Å². The van der Waals surface area contributed by atoms with Crippen LogP contribution in [0.15, 0.2) is 82.9 Å². The Kier molecular flexibility index (Phi) is 4.81. The van der Waals surface area contributed by atoms with Crippen LogP contribution >= 0.6 is 0 Å². The van der Waals surface area contributed by atoms with Crippen molar-refractivity contribution in [3.63, 3.8) is 0 Å². The van der Waals surface area contributed by atoms with Gasteiger partial charge in [-0.25, -0.2) is 4.99 Å². The number of amidine groups is 1. The lowest BCUT2D eigenvalue weighted by Crippen LogP contribution is -2.19. The molecule has 3 aromatic rings. The Hall–Kier alpha value is -3.60. The van der Waals surface area contributed by atoms with Crippen molar-refractivity contribution in [2.24, 2.45) is 10.1 Å². The maximum absolute atomic E-state index is 5.25. The van der Waals surface area contributed by atoms with E-state index in [4.69, 9.17) is 14.8 Å². The molecular formula is C23H22N4O. The molecule has 0 aromatic heterocycles. The molecule has 0 fully saturated rings. The van der Waals surface area contributed by atoms with Gasteiger partial charge < -0.3 is 9.64 Å². The number of hydrazone groups is 1. The molecule has 0 amide bonds. The number of aliphatic imine (C=N–C) groups is 1. The van der Waals surface area contributed by atoms with Gasteiger partial charge in [0.25, 0.3) is 0 Å². The van der Waals surface area contributed by atoms with Gasteiger partial charge in [-0.3, -0.25) is 5.43 Å². The maximum atomic E-state index is 5.25. The SMILES string of the molecule is COc1ccc(C2=Nc3ccccc3C(c3ccc(N(C)C)cc3)=NN2)cc1. The van der Waals surface area contributed by atoms with Gasteiger partial charge >= 0.3 is 0 Å². The maximum Gasteiger partial charge on any atom is 0.154 e. The third-order valence-corrected chi connectivity index (χ3v) is 4.69. The lowest BCUT2D eigenvalue weighted by Gasteiger charge is -2.13. The Bertz CT molecular complexity index is 1030. The monoisotopic (exact) mass is 370 g/mol. The predicted molar refractivity (Wildman–Crippen MR) is 115 cm³/mol. The fourth-order valence-corrected chi connectivity index (χ4v) is 3.10. The number of hydrogen-bond acceptors (Lipinski definition) is 5. The van der Waals surface area contributed by atoms with Crippen LogP contribution in [0.4, 0.5) is 11.4 Å². The van der Waals surface area contributed by atoms with E-state index in [2.05, 4.69) is 40.7 Å². The molecule has 0 unspecified atom stereocenters. The number of nitrogens with one attached hydrogen (secondary N) is 1. The van der Waals surface area contributed by atoms with Crippen LogP contribution in [0.3, 0.4) is 0 Å². The number of hydrogen-bond donors (Lipinski definition) is 1. The summed E-state index contributed by atoms with van der Waals surface area (Å²) in [6.45, 7) is 0. The third-order valence-electron chi connectivity index (χ3n) is 4.69. The zero-order chi connectivity index (χ0) is 19.5. The van der Waals surface area contributed by atoms with E-state index in [9.17, 15) is 0 Å². The van der Waals surface area contributed by atoms with Gasteiger partial charge in [0, 0.05) is 36.5 Å². The van der Waals surface area contributed by atoms with Gasteiger partial charge in [0.15, 0.2) is 5.84 Å². The van der Waals surface area contributed by atoms with E-state index in [1.807, 2.05) is 56.6 Å². The molecule has 28 heavy (non-hydrogen) atoms. The lowest BCUT2D eigenvalue weighted by atomic mass is 10.0. The van der Waals surface area contributed by atoms with Gasteiger partial charge in [-0.2, -0.15) is 5.10 Å². The fourth-order valence-electron chi connectivity index (χ4n) is 3.10. The quantitative estimate of drug-likeness (QED) is 0.749. The molecule has 0 saturated carbocycles. The highest BCUT2D eigenvalue weighted by Crippen LogP contribution is 2.26. The van der Waals surface area contributed by atoms with E-state index in [0.717, 1.165) is 39.5 Å². The molecule has 0 aliphatic carbocycles. The van der Waals surface area contributed by atoms with Crippen LogP contribution in [0.2, 0.25) is 0 Å². The van der Waals surface area contributed by atoms with Crippen LogP contribution in [-0.4, -0.2) is 32.8 Å². The van der Waals surface area contributed by atoms with Crippen LogP contribution in [0.25, 0.3) is 0 Å². The standard InChI is InChI=1S/C23H22N4O/c1-27(2)18-12-8-16(9-13-18)22-20-6-4-5-7-21(20)24-23(26-25-22)17-10-14-19(28-3)15-11-17/h4-15H,1-3H3,(H,24,26). The van der Waals surface area contributed by atoms with E-state index in [1.165, 1.54) is 0 Å². The predicted octanol–water partition coefficient (Wildman–Crippen LogP) is 4.20. The summed E-state index contributed by atoms with van der Waals surface area (Å²) < 4.78 is 5.25. The number of benzene rings is 3. The van der Waals surface area contributed by atoms with Crippen LogP contribution in [0.1, 0.15) is 16.7 Å². The second-order valence-corrected chi connectivity index (χ2v) is 6.72. The Morgan fingerprint density at radius 2 is 1.50 bits per heavy atom. The number of anilines is 1. The molecule has 5 heteroatoms. The molecule has 5 nitrogen and oxygen atoms in total. The lowest BCUT2D eigenvalue weighted by molar-refractivity contribution is 0.415. The number of rotatable bonds is 4. The fraction of sp³-hybridized carbons (Fsp3) is 0.130. The van der Waals surface area contributed by atoms with E-state index >= 15 is 0 Å². The molecule has 0 saturated heterocycles. The summed E-state index contributed by atoms with van der Waals surface area (Å²) in [5, 5.41) is 4.70. The normalized spacial score (nSPS) is 12.8. The summed E-state index contributed by atoms with van der Waals surface area (Å²) in [7, 11) is 5.72. The molecule has 1 N–H and O–H groups in total. The molecule has 0 bridgehead atoms. The highest BCUT2D eigenvalue weighted by atomic mass is 16.5. The Balaban J connectivity index is 1.75. The van der Waals surface area contributed by atoms with Crippen LogP contribution < -0.4 is 15.1 Å². The highest BCUT2D eigenvalue weighted by Gasteiger charge is 2.17. The molecule has 1 aliphatic heterocycles. The van der Waals surface area contributed by atoms with Crippen molar-refractivity contribution in [1.29, 1.82) is 0 Å². The summed E-state index contributed by atoms with van der Waals surface area (Å²) in [5.41, 5.74) is 9.04. The molecule has 4 rings (SSSR count). The minimum Gasteiger partial charge on any atom is -0.497 e. The second-order valence-electron chi connectivity index (χ2n) is 6.72. The Morgan fingerprint density at radius 3 is 2.18 bits per heavy atom. The molecule has 140 valence electrons. The summed E-state index contributed by atoms with van der Waals surface area (Å²) in [6.07, 6.45) is 0. The second kappa shape index (κ2) is 7.56. The van der Waals surface area contributed by atoms with Gasteiger partial charge in [0.2, 0.25) is 0 Å². The number of ether oxygens (including phenoxy) is 1. The first-order valence-corrected chi connectivity index (χ1v) is 9.09. The van der Waals surface area contributed by atoms with Crippen molar-refractivity contribution >= 4 is 22.9 Å². The summed E-state index contributed by atoms with van der Waals surface area (Å²) in [5.74, 6) is 1.51. The average molecular weight is 370 g/mol. The van der Waals surface area contributed by atoms with Crippen LogP contribution in [0, 0.1) is 0 Å². The van der Waals surface area contributed by atoms with Crippen molar-refractivity contribution in [1.82, 2.24) is 5.43 Å². The van der Waals surface area contributed by atoms with Gasteiger partial charge in [0.05, 0.1) is 18.5 Å². The van der Waals surface area contributed by atoms with E-state index < -0.39 is 0 Å². The van der Waals surface area contributed by atoms with Crippen molar-refractivity contribution < 1.29 is 4.74 Å². The first-order valence-electron chi connectivity index (χ1n) is 9.09. The van der Waals surface area contributed by atoms with Crippen molar-refractivity contribution in [2.75, 3.05) is 26.1 Å².